The monoisotopic (exact) mass is 220 g/mol. The highest BCUT2D eigenvalue weighted by Gasteiger charge is 2.47. The lowest BCUT2D eigenvalue weighted by Gasteiger charge is -2.39. The van der Waals surface area contributed by atoms with E-state index in [0.29, 0.717) is 13.2 Å². The Morgan fingerprint density at radius 2 is 2.00 bits per heavy atom. The molecule has 1 N–H and O–H groups in total. The molecule has 0 bridgehead atoms. The van der Waals surface area contributed by atoms with Crippen LogP contribution in [0.25, 0.3) is 0 Å². The predicted molar refractivity (Wildman–Crippen MR) is 59.2 cm³/mol. The minimum Gasteiger partial charge on any atom is -0.396 e. The molecule has 1 saturated heterocycles. The van der Waals surface area contributed by atoms with Gasteiger partial charge < -0.3 is 14.6 Å². The van der Waals surface area contributed by atoms with Crippen molar-refractivity contribution in [2.45, 2.75) is 24.5 Å². The van der Waals surface area contributed by atoms with Crippen LogP contribution in [0.15, 0.2) is 24.3 Å². The van der Waals surface area contributed by atoms with Crippen molar-refractivity contribution >= 4 is 0 Å². The van der Waals surface area contributed by atoms with Gasteiger partial charge in [-0.25, -0.2) is 0 Å². The molecule has 0 aromatic heterocycles. The van der Waals surface area contributed by atoms with E-state index in [1.807, 2.05) is 12.1 Å². The van der Waals surface area contributed by atoms with Crippen LogP contribution in [0, 0.1) is 0 Å². The summed E-state index contributed by atoms with van der Waals surface area (Å²) < 4.78 is 11.5. The smallest absolute Gasteiger partial charge is 0.177 e. The number of ether oxygens (including phenoxy) is 2. The lowest BCUT2D eigenvalue weighted by atomic mass is 9.78. The predicted octanol–water partition coefficient (Wildman–Crippen LogP) is 1.45. The van der Waals surface area contributed by atoms with Gasteiger partial charge in [-0.15, -0.1) is 0 Å². The fraction of sp³-hybridized carbons (Fsp3) is 0.538. The highest BCUT2D eigenvalue weighted by molar-refractivity contribution is 5.35. The first kappa shape index (κ1) is 10.3. The van der Waals surface area contributed by atoms with Crippen molar-refractivity contribution in [3.8, 4) is 0 Å². The lowest BCUT2D eigenvalue weighted by Crippen LogP contribution is -2.43. The highest BCUT2D eigenvalue weighted by atomic mass is 16.7. The van der Waals surface area contributed by atoms with Crippen molar-refractivity contribution in [1.29, 1.82) is 0 Å². The summed E-state index contributed by atoms with van der Waals surface area (Å²) in [4.78, 5) is 0. The van der Waals surface area contributed by atoms with Gasteiger partial charge in [0.1, 0.15) is 0 Å². The number of aryl methyl sites for hydroxylation is 1. The first-order valence-electron chi connectivity index (χ1n) is 5.82. The normalized spacial score (nSPS) is 26.9. The Balaban J connectivity index is 2.03. The average molecular weight is 220 g/mol. The number of hydrogen-bond acceptors (Lipinski definition) is 3. The summed E-state index contributed by atoms with van der Waals surface area (Å²) in [6.07, 6.45) is 1.81. The van der Waals surface area contributed by atoms with Gasteiger partial charge in [-0.05, 0) is 17.5 Å². The molecule has 1 atom stereocenters. The summed E-state index contributed by atoms with van der Waals surface area (Å²) in [7, 11) is 0. The second-order valence-electron chi connectivity index (χ2n) is 4.44. The van der Waals surface area contributed by atoms with Crippen LogP contribution in [0.2, 0.25) is 0 Å². The molecule has 86 valence electrons. The van der Waals surface area contributed by atoms with E-state index in [2.05, 4.69) is 12.1 Å². The van der Waals surface area contributed by atoms with E-state index < -0.39 is 5.79 Å². The number of benzene rings is 1. The Labute approximate surface area is 95.0 Å². The molecule has 1 unspecified atom stereocenters. The molecule has 0 radical (unpaired) electrons. The Morgan fingerprint density at radius 3 is 2.75 bits per heavy atom. The first-order valence-corrected chi connectivity index (χ1v) is 5.82. The second-order valence-corrected chi connectivity index (χ2v) is 4.44. The van der Waals surface area contributed by atoms with Crippen LogP contribution in [0.5, 0.6) is 0 Å². The van der Waals surface area contributed by atoms with Gasteiger partial charge in [0, 0.05) is 6.42 Å². The third kappa shape index (κ3) is 1.39. The van der Waals surface area contributed by atoms with E-state index in [1.165, 1.54) is 11.1 Å². The number of fused-ring (bicyclic) bond motifs is 1. The maximum atomic E-state index is 9.60. The van der Waals surface area contributed by atoms with Gasteiger partial charge in [0.2, 0.25) is 0 Å². The van der Waals surface area contributed by atoms with Crippen molar-refractivity contribution in [1.82, 2.24) is 0 Å². The van der Waals surface area contributed by atoms with Gasteiger partial charge in [0.05, 0.1) is 25.7 Å². The fourth-order valence-corrected chi connectivity index (χ4v) is 2.88. The topological polar surface area (TPSA) is 38.7 Å². The summed E-state index contributed by atoms with van der Waals surface area (Å²) in [6, 6.07) is 8.25. The zero-order valence-corrected chi connectivity index (χ0v) is 9.19. The van der Waals surface area contributed by atoms with Crippen molar-refractivity contribution in [2.24, 2.45) is 0 Å². The zero-order valence-electron chi connectivity index (χ0n) is 9.19. The van der Waals surface area contributed by atoms with E-state index in [9.17, 15) is 5.11 Å². The number of hydrogen-bond donors (Lipinski definition) is 1. The van der Waals surface area contributed by atoms with Crippen molar-refractivity contribution in [2.75, 3.05) is 19.8 Å². The van der Waals surface area contributed by atoms with Crippen LogP contribution in [-0.2, 0) is 15.9 Å². The molecule has 3 rings (SSSR count). The Hall–Kier alpha value is -0.900. The molecule has 3 nitrogen and oxygen atoms in total. The first-order chi connectivity index (χ1) is 7.86. The molecule has 2 aliphatic rings. The quantitative estimate of drug-likeness (QED) is 0.778. The van der Waals surface area contributed by atoms with Crippen LogP contribution < -0.4 is 0 Å². The van der Waals surface area contributed by atoms with Gasteiger partial charge in [0.15, 0.2) is 5.79 Å². The molecule has 1 aliphatic heterocycles. The minimum absolute atomic E-state index is 0.0417. The van der Waals surface area contributed by atoms with Gasteiger partial charge >= 0.3 is 0 Å². The number of aliphatic hydroxyl groups is 1. The summed E-state index contributed by atoms with van der Waals surface area (Å²) in [5.74, 6) is -0.608. The van der Waals surface area contributed by atoms with Crippen LogP contribution >= 0.6 is 0 Å². The molecule has 1 heterocycles. The summed E-state index contributed by atoms with van der Waals surface area (Å²) in [6.45, 7) is 1.36. The standard InChI is InChI=1S/C13H16O3/c14-9-12-11-4-2-1-3-10(11)5-6-13(12)15-7-8-16-13/h1-4,12,14H,5-9H2. The average Bonchev–Trinajstić information content (AvgIpc) is 2.78. The molecular weight excluding hydrogens is 204 g/mol. The minimum atomic E-state index is -0.566. The molecule has 3 heteroatoms. The summed E-state index contributed by atoms with van der Waals surface area (Å²) >= 11 is 0. The van der Waals surface area contributed by atoms with Gasteiger partial charge in [-0.2, -0.15) is 0 Å². The molecule has 1 aromatic carbocycles. The van der Waals surface area contributed by atoms with Crippen LogP contribution in [0.4, 0.5) is 0 Å². The summed E-state index contributed by atoms with van der Waals surface area (Å²) in [5, 5.41) is 9.60. The van der Waals surface area contributed by atoms with Gasteiger partial charge in [-0.3, -0.25) is 0 Å². The van der Waals surface area contributed by atoms with Crippen LogP contribution in [0.1, 0.15) is 23.5 Å². The second kappa shape index (κ2) is 3.84. The molecule has 1 aromatic rings. The van der Waals surface area contributed by atoms with E-state index in [-0.39, 0.29) is 12.5 Å². The van der Waals surface area contributed by atoms with Crippen molar-refractivity contribution < 1.29 is 14.6 Å². The largest absolute Gasteiger partial charge is 0.396 e. The van der Waals surface area contributed by atoms with E-state index >= 15 is 0 Å². The third-order valence-corrected chi connectivity index (χ3v) is 3.66. The molecule has 0 saturated carbocycles. The Kier molecular flexibility index (Phi) is 2.46. The number of aliphatic hydroxyl groups excluding tert-OH is 1. The lowest BCUT2D eigenvalue weighted by molar-refractivity contribution is -0.189. The van der Waals surface area contributed by atoms with Crippen molar-refractivity contribution in [3.05, 3.63) is 35.4 Å². The van der Waals surface area contributed by atoms with Crippen LogP contribution in [0.3, 0.4) is 0 Å². The van der Waals surface area contributed by atoms with E-state index in [4.69, 9.17) is 9.47 Å². The van der Waals surface area contributed by atoms with Gasteiger partial charge in [0.25, 0.3) is 0 Å². The molecular formula is C13H16O3. The Morgan fingerprint density at radius 1 is 1.25 bits per heavy atom. The highest BCUT2D eigenvalue weighted by Crippen LogP contribution is 2.44. The maximum Gasteiger partial charge on any atom is 0.177 e. The van der Waals surface area contributed by atoms with E-state index in [0.717, 1.165) is 12.8 Å². The maximum absolute atomic E-state index is 9.60. The van der Waals surface area contributed by atoms with Gasteiger partial charge in [-0.1, -0.05) is 24.3 Å². The molecule has 16 heavy (non-hydrogen) atoms. The molecule has 1 fully saturated rings. The fourth-order valence-electron chi connectivity index (χ4n) is 2.88. The third-order valence-electron chi connectivity index (χ3n) is 3.66. The Bertz CT molecular complexity index is 383. The molecule has 0 amide bonds. The van der Waals surface area contributed by atoms with E-state index in [1.54, 1.807) is 0 Å². The summed E-state index contributed by atoms with van der Waals surface area (Å²) in [5.41, 5.74) is 2.49. The zero-order chi connectivity index (χ0) is 11.0. The van der Waals surface area contributed by atoms with Crippen molar-refractivity contribution in [3.63, 3.8) is 0 Å². The molecule has 1 aliphatic carbocycles. The SMILES string of the molecule is OCC1c2ccccc2CCC12OCCO2. The van der Waals surface area contributed by atoms with Crippen LogP contribution in [-0.4, -0.2) is 30.7 Å². The number of rotatable bonds is 1. The molecule has 1 spiro atoms.